The van der Waals surface area contributed by atoms with Gasteiger partial charge in [0.15, 0.2) is 0 Å². The minimum Gasteiger partial charge on any atom is -0.191 e. The van der Waals surface area contributed by atoms with E-state index in [1.165, 1.54) is 0 Å². The van der Waals surface area contributed by atoms with Gasteiger partial charge in [0.05, 0.1) is 0 Å². The van der Waals surface area contributed by atoms with Gasteiger partial charge in [-0.1, -0.05) is 0 Å². The van der Waals surface area contributed by atoms with Crippen molar-refractivity contribution in [2.24, 2.45) is 0 Å². The fourth-order valence-corrected chi connectivity index (χ4v) is 1.80. The van der Waals surface area contributed by atoms with Gasteiger partial charge < -0.3 is 0 Å². The van der Waals surface area contributed by atoms with Crippen molar-refractivity contribution in [3.63, 3.8) is 0 Å². The summed E-state index contributed by atoms with van der Waals surface area (Å²) in [5.74, 6) is -10.7. The fourth-order valence-electron chi connectivity index (χ4n) is 1.80. The molecule has 22 heavy (non-hydrogen) atoms. The normalized spacial score (nSPS) is 14.4. The highest BCUT2D eigenvalue weighted by Crippen LogP contribution is 2.49. The Morgan fingerprint density at radius 3 is 0.955 bits per heavy atom. The number of halogens is 10. The van der Waals surface area contributed by atoms with Crippen LogP contribution in [0.2, 0.25) is 0 Å². The molecule has 126 valence electrons. The van der Waals surface area contributed by atoms with Gasteiger partial charge in [0.2, 0.25) is 0 Å². The predicted molar refractivity (Wildman–Crippen MR) is 55.8 cm³/mol. The summed E-state index contributed by atoms with van der Waals surface area (Å²) in [4.78, 5) is 0. The number of alkyl halides is 10. The van der Waals surface area contributed by atoms with Gasteiger partial charge in [-0.05, 0) is 37.1 Å². The van der Waals surface area contributed by atoms with Crippen LogP contribution in [0.1, 0.15) is 22.3 Å². The van der Waals surface area contributed by atoms with Crippen molar-refractivity contribution >= 4 is 0 Å². The molecular formula is C12H8F10. The quantitative estimate of drug-likeness (QED) is 0.613. The molecule has 0 aromatic heterocycles. The lowest BCUT2D eigenvalue weighted by atomic mass is 9.92. The Balaban J connectivity index is 3.55. The highest BCUT2D eigenvalue weighted by atomic mass is 19.4. The van der Waals surface area contributed by atoms with E-state index in [0.717, 1.165) is 0 Å². The number of hydrogen-bond donors (Lipinski definition) is 0. The third-order valence-electron chi connectivity index (χ3n) is 2.96. The zero-order valence-electron chi connectivity index (χ0n) is 10.9. The summed E-state index contributed by atoms with van der Waals surface area (Å²) in [6.45, 7) is 1.20. The molecule has 0 saturated carbocycles. The highest BCUT2D eigenvalue weighted by Gasteiger charge is 2.61. The number of hydrogen-bond acceptors (Lipinski definition) is 0. The van der Waals surface area contributed by atoms with Crippen LogP contribution in [-0.4, -0.2) is 12.4 Å². The molecule has 0 bridgehead atoms. The van der Waals surface area contributed by atoms with Gasteiger partial charge in [-0.25, -0.2) is 0 Å². The van der Waals surface area contributed by atoms with Crippen LogP contribution in [-0.2, 0) is 11.8 Å². The smallest absolute Gasteiger partial charge is 0.191 e. The van der Waals surface area contributed by atoms with Gasteiger partial charge >= 0.3 is 24.2 Å². The van der Waals surface area contributed by atoms with Gasteiger partial charge in [-0.15, -0.1) is 0 Å². The second-order valence-corrected chi connectivity index (χ2v) is 4.63. The average molecular weight is 342 g/mol. The second kappa shape index (κ2) is 5.02. The maximum atomic E-state index is 13.2. The molecular weight excluding hydrogens is 334 g/mol. The number of aryl methyl sites for hydroxylation is 2. The summed E-state index contributed by atoms with van der Waals surface area (Å²) in [6.07, 6.45) is -12.0. The standard InChI is InChI=1S/C12H8F10/c1-5-3-8(10(15,16)12(20,21)22)6(2)4-7(5)9(13,14)11(17,18)19/h3-4H,1-2H3. The monoisotopic (exact) mass is 342 g/mol. The largest absolute Gasteiger partial charge is 0.458 e. The van der Waals surface area contributed by atoms with Crippen LogP contribution in [0, 0.1) is 13.8 Å². The number of rotatable bonds is 2. The molecule has 0 fully saturated rings. The lowest BCUT2D eigenvalue weighted by molar-refractivity contribution is -0.291. The van der Waals surface area contributed by atoms with E-state index in [9.17, 15) is 43.9 Å². The third-order valence-corrected chi connectivity index (χ3v) is 2.96. The van der Waals surface area contributed by atoms with Crippen molar-refractivity contribution in [1.82, 2.24) is 0 Å². The first kappa shape index (κ1) is 18.6. The Kier molecular flexibility index (Phi) is 4.24. The van der Waals surface area contributed by atoms with Crippen LogP contribution in [0.15, 0.2) is 12.1 Å². The molecule has 0 aliphatic heterocycles. The van der Waals surface area contributed by atoms with Crippen LogP contribution in [0.5, 0.6) is 0 Å². The minimum absolute atomic E-state index is 0.00218. The molecule has 0 aliphatic carbocycles. The lowest BCUT2D eigenvalue weighted by Crippen LogP contribution is -2.36. The van der Waals surface area contributed by atoms with Crippen LogP contribution in [0.3, 0.4) is 0 Å². The molecule has 0 radical (unpaired) electrons. The van der Waals surface area contributed by atoms with Crippen LogP contribution in [0.25, 0.3) is 0 Å². The third kappa shape index (κ3) is 2.87. The fraction of sp³-hybridized carbons (Fsp3) is 0.500. The van der Waals surface area contributed by atoms with Crippen LogP contribution >= 0.6 is 0 Å². The molecule has 10 heteroatoms. The van der Waals surface area contributed by atoms with E-state index in [0.29, 0.717) is 13.8 Å². The molecule has 1 aromatic carbocycles. The topological polar surface area (TPSA) is 0 Å². The van der Waals surface area contributed by atoms with Gasteiger partial charge in [-0.2, -0.15) is 43.9 Å². The molecule has 0 heterocycles. The first-order valence-electron chi connectivity index (χ1n) is 5.54. The van der Waals surface area contributed by atoms with Crippen LogP contribution in [0.4, 0.5) is 43.9 Å². The molecule has 1 aromatic rings. The molecule has 0 N–H and O–H groups in total. The number of benzene rings is 1. The summed E-state index contributed by atoms with van der Waals surface area (Å²) in [6, 6.07) is -0.00435. The van der Waals surface area contributed by atoms with Crippen molar-refractivity contribution < 1.29 is 43.9 Å². The average Bonchev–Trinajstić information content (AvgIpc) is 2.28. The lowest BCUT2D eigenvalue weighted by Gasteiger charge is -2.26. The maximum Gasteiger partial charge on any atom is 0.458 e. The zero-order valence-corrected chi connectivity index (χ0v) is 10.9. The molecule has 0 atom stereocenters. The Morgan fingerprint density at radius 1 is 0.545 bits per heavy atom. The molecule has 0 spiro atoms. The van der Waals surface area contributed by atoms with Gasteiger partial charge in [0, 0.05) is 11.1 Å². The van der Waals surface area contributed by atoms with E-state index in [1.807, 2.05) is 0 Å². The predicted octanol–water partition coefficient (Wildman–Crippen LogP) is 5.61. The summed E-state index contributed by atoms with van der Waals surface area (Å²) >= 11 is 0. The van der Waals surface area contributed by atoms with E-state index in [1.54, 1.807) is 0 Å². The maximum absolute atomic E-state index is 13.2. The molecule has 0 unspecified atom stereocenters. The zero-order chi connectivity index (χ0) is 17.7. The van der Waals surface area contributed by atoms with Gasteiger partial charge in [0.25, 0.3) is 0 Å². The molecule has 0 aliphatic rings. The van der Waals surface area contributed by atoms with Crippen molar-refractivity contribution in [2.75, 3.05) is 0 Å². The SMILES string of the molecule is Cc1cc(C(F)(F)C(F)(F)F)c(C)cc1C(F)(F)C(F)(F)F. The van der Waals surface area contributed by atoms with Crippen molar-refractivity contribution in [2.45, 2.75) is 38.0 Å². The summed E-state index contributed by atoms with van der Waals surface area (Å²) in [5.41, 5.74) is -5.38. The first-order chi connectivity index (χ1) is 9.53. The Labute approximate surface area is 117 Å². The van der Waals surface area contributed by atoms with Crippen LogP contribution < -0.4 is 0 Å². The molecule has 0 nitrogen and oxygen atoms in total. The van der Waals surface area contributed by atoms with E-state index < -0.39 is 46.5 Å². The van der Waals surface area contributed by atoms with Gasteiger partial charge in [0.1, 0.15) is 0 Å². The van der Waals surface area contributed by atoms with E-state index in [2.05, 4.69) is 0 Å². The molecule has 0 saturated heterocycles. The van der Waals surface area contributed by atoms with Crippen molar-refractivity contribution in [3.8, 4) is 0 Å². The Bertz CT molecular complexity index is 513. The molecule has 1 rings (SSSR count). The summed E-state index contributed by atoms with van der Waals surface area (Å²) in [7, 11) is 0. The molecule has 0 amide bonds. The summed E-state index contributed by atoms with van der Waals surface area (Å²) < 4.78 is 127. The van der Waals surface area contributed by atoms with E-state index in [-0.39, 0.29) is 12.1 Å². The van der Waals surface area contributed by atoms with Crippen molar-refractivity contribution in [1.29, 1.82) is 0 Å². The Hall–Kier alpha value is -1.48. The van der Waals surface area contributed by atoms with Gasteiger partial charge in [-0.3, -0.25) is 0 Å². The van der Waals surface area contributed by atoms with Crippen molar-refractivity contribution in [3.05, 3.63) is 34.4 Å². The Morgan fingerprint density at radius 2 is 0.773 bits per heavy atom. The second-order valence-electron chi connectivity index (χ2n) is 4.63. The minimum atomic E-state index is -6.00. The highest BCUT2D eigenvalue weighted by molar-refractivity contribution is 5.42. The summed E-state index contributed by atoms with van der Waals surface area (Å²) in [5, 5.41) is 0. The van der Waals surface area contributed by atoms with E-state index in [4.69, 9.17) is 0 Å². The first-order valence-corrected chi connectivity index (χ1v) is 5.54. The van der Waals surface area contributed by atoms with E-state index >= 15 is 0 Å².